The Morgan fingerprint density at radius 3 is 2.42 bits per heavy atom. The first kappa shape index (κ1) is 12.9. The van der Waals surface area contributed by atoms with Gasteiger partial charge in [-0.3, -0.25) is 4.79 Å². The summed E-state index contributed by atoms with van der Waals surface area (Å²) < 4.78 is 5.39. The van der Waals surface area contributed by atoms with Gasteiger partial charge in [0.2, 0.25) is 0 Å². The molecule has 0 atom stereocenters. The zero-order valence-electron chi connectivity index (χ0n) is 10.5. The first-order chi connectivity index (χ1) is 9.29. The largest absolute Gasteiger partial charge is 0.473 e. The third kappa shape index (κ3) is 3.71. The van der Waals surface area contributed by atoms with Crippen LogP contribution in [0.3, 0.4) is 0 Å². The molecule has 2 rings (SSSR count). The van der Waals surface area contributed by atoms with E-state index in [0.29, 0.717) is 5.56 Å². The SMILES string of the molecule is C=Cc1ccc(C(=O)NCOc2ccccc2)cc1. The zero-order chi connectivity index (χ0) is 13.5. The smallest absolute Gasteiger partial charge is 0.253 e. The van der Waals surface area contributed by atoms with E-state index in [9.17, 15) is 4.79 Å². The summed E-state index contributed by atoms with van der Waals surface area (Å²) in [4.78, 5) is 11.8. The van der Waals surface area contributed by atoms with Gasteiger partial charge in [0.25, 0.3) is 5.91 Å². The quantitative estimate of drug-likeness (QED) is 0.831. The number of nitrogens with one attached hydrogen (secondary N) is 1. The standard InChI is InChI=1S/C16H15NO2/c1-2-13-8-10-14(11-9-13)16(18)17-12-19-15-6-4-3-5-7-15/h2-11H,1,12H2,(H,17,18). The molecule has 0 aliphatic carbocycles. The molecule has 1 N–H and O–H groups in total. The highest BCUT2D eigenvalue weighted by Gasteiger charge is 2.04. The Kier molecular flexibility index (Phi) is 4.34. The average molecular weight is 253 g/mol. The second kappa shape index (κ2) is 6.40. The van der Waals surface area contributed by atoms with E-state index in [1.54, 1.807) is 18.2 Å². The Labute approximate surface area is 112 Å². The number of carbonyl (C=O) groups excluding carboxylic acids is 1. The number of carbonyl (C=O) groups is 1. The number of ether oxygens (including phenoxy) is 1. The van der Waals surface area contributed by atoms with Gasteiger partial charge in [-0.25, -0.2) is 0 Å². The summed E-state index contributed by atoms with van der Waals surface area (Å²) in [5, 5.41) is 2.70. The van der Waals surface area contributed by atoms with Gasteiger partial charge in [-0.1, -0.05) is 43.0 Å². The van der Waals surface area contributed by atoms with Crippen LogP contribution in [0.2, 0.25) is 0 Å². The maximum absolute atomic E-state index is 11.8. The van der Waals surface area contributed by atoms with Crippen LogP contribution in [0.4, 0.5) is 0 Å². The molecule has 0 saturated carbocycles. The lowest BCUT2D eigenvalue weighted by Gasteiger charge is -2.08. The molecule has 2 aromatic carbocycles. The van der Waals surface area contributed by atoms with Crippen LogP contribution in [0.1, 0.15) is 15.9 Å². The van der Waals surface area contributed by atoms with Gasteiger partial charge in [0.15, 0.2) is 6.73 Å². The molecule has 0 aliphatic heterocycles. The minimum Gasteiger partial charge on any atom is -0.473 e. The molecule has 0 unspecified atom stereocenters. The highest BCUT2D eigenvalue weighted by atomic mass is 16.5. The normalized spacial score (nSPS) is 9.68. The molecule has 19 heavy (non-hydrogen) atoms. The minimum absolute atomic E-state index is 0.145. The van der Waals surface area contributed by atoms with E-state index in [0.717, 1.165) is 11.3 Å². The lowest BCUT2D eigenvalue weighted by Crippen LogP contribution is -2.27. The predicted octanol–water partition coefficient (Wildman–Crippen LogP) is 3.10. The topological polar surface area (TPSA) is 38.3 Å². The lowest BCUT2D eigenvalue weighted by atomic mass is 10.1. The van der Waals surface area contributed by atoms with E-state index in [1.165, 1.54) is 0 Å². The van der Waals surface area contributed by atoms with Crippen LogP contribution in [0.5, 0.6) is 5.75 Å². The van der Waals surface area contributed by atoms with Crippen LogP contribution in [0.25, 0.3) is 6.08 Å². The van der Waals surface area contributed by atoms with Crippen molar-refractivity contribution in [2.75, 3.05) is 6.73 Å². The lowest BCUT2D eigenvalue weighted by molar-refractivity contribution is 0.0919. The first-order valence-electron chi connectivity index (χ1n) is 5.98. The van der Waals surface area contributed by atoms with Crippen molar-refractivity contribution < 1.29 is 9.53 Å². The van der Waals surface area contributed by atoms with E-state index in [2.05, 4.69) is 11.9 Å². The Hall–Kier alpha value is -2.55. The molecule has 0 spiro atoms. The molecular weight excluding hydrogens is 238 g/mol. The highest BCUT2D eigenvalue weighted by molar-refractivity contribution is 5.94. The summed E-state index contributed by atoms with van der Waals surface area (Å²) >= 11 is 0. The Morgan fingerprint density at radius 2 is 1.79 bits per heavy atom. The van der Waals surface area contributed by atoms with Crippen molar-refractivity contribution in [1.82, 2.24) is 5.32 Å². The Bertz CT molecular complexity index is 547. The molecule has 0 saturated heterocycles. The molecule has 3 nitrogen and oxygen atoms in total. The molecule has 1 amide bonds. The summed E-state index contributed by atoms with van der Waals surface area (Å²) in [6.07, 6.45) is 1.74. The Balaban J connectivity index is 1.85. The molecule has 3 heteroatoms. The molecule has 0 radical (unpaired) electrons. The number of hydrogen-bond donors (Lipinski definition) is 1. The van der Waals surface area contributed by atoms with E-state index >= 15 is 0 Å². The Morgan fingerprint density at radius 1 is 1.11 bits per heavy atom. The number of benzene rings is 2. The fraction of sp³-hybridized carbons (Fsp3) is 0.0625. The van der Waals surface area contributed by atoms with Gasteiger partial charge in [-0.05, 0) is 29.8 Å². The van der Waals surface area contributed by atoms with E-state index in [-0.39, 0.29) is 12.6 Å². The van der Waals surface area contributed by atoms with Crippen molar-refractivity contribution in [3.8, 4) is 5.75 Å². The summed E-state index contributed by atoms with van der Waals surface area (Å²) in [5.74, 6) is 0.566. The molecule has 0 fully saturated rings. The average Bonchev–Trinajstić information content (AvgIpc) is 2.48. The van der Waals surface area contributed by atoms with Crippen LogP contribution in [-0.4, -0.2) is 12.6 Å². The second-order valence-electron chi connectivity index (χ2n) is 3.93. The fourth-order valence-electron chi connectivity index (χ4n) is 1.57. The summed E-state index contributed by atoms with van der Waals surface area (Å²) in [6.45, 7) is 3.81. The van der Waals surface area contributed by atoms with Crippen LogP contribution >= 0.6 is 0 Å². The summed E-state index contributed by atoms with van der Waals surface area (Å²) in [5.41, 5.74) is 1.58. The van der Waals surface area contributed by atoms with E-state index in [4.69, 9.17) is 4.74 Å². The van der Waals surface area contributed by atoms with Gasteiger partial charge < -0.3 is 10.1 Å². The number of para-hydroxylation sites is 1. The maximum atomic E-state index is 11.8. The predicted molar refractivity (Wildman–Crippen MR) is 75.9 cm³/mol. The summed E-state index contributed by atoms with van der Waals surface area (Å²) in [6, 6.07) is 16.6. The van der Waals surface area contributed by atoms with Crippen molar-refractivity contribution in [1.29, 1.82) is 0 Å². The van der Waals surface area contributed by atoms with Gasteiger partial charge in [0.05, 0.1) is 0 Å². The fourth-order valence-corrected chi connectivity index (χ4v) is 1.57. The third-order valence-corrected chi connectivity index (χ3v) is 2.62. The van der Waals surface area contributed by atoms with Crippen molar-refractivity contribution >= 4 is 12.0 Å². The third-order valence-electron chi connectivity index (χ3n) is 2.62. The molecule has 0 aromatic heterocycles. The van der Waals surface area contributed by atoms with Gasteiger partial charge in [0, 0.05) is 5.56 Å². The van der Waals surface area contributed by atoms with Gasteiger partial charge in [-0.15, -0.1) is 0 Å². The van der Waals surface area contributed by atoms with Gasteiger partial charge >= 0.3 is 0 Å². The number of rotatable bonds is 5. The van der Waals surface area contributed by atoms with Crippen molar-refractivity contribution in [3.63, 3.8) is 0 Å². The van der Waals surface area contributed by atoms with Crippen LogP contribution in [0, 0.1) is 0 Å². The van der Waals surface area contributed by atoms with Crippen LogP contribution < -0.4 is 10.1 Å². The molecule has 96 valence electrons. The number of amides is 1. The van der Waals surface area contributed by atoms with E-state index < -0.39 is 0 Å². The molecular formula is C16H15NO2. The minimum atomic E-state index is -0.161. The van der Waals surface area contributed by atoms with Crippen LogP contribution in [0.15, 0.2) is 61.2 Å². The molecule has 0 bridgehead atoms. The van der Waals surface area contributed by atoms with Gasteiger partial charge in [-0.2, -0.15) is 0 Å². The highest BCUT2D eigenvalue weighted by Crippen LogP contribution is 2.08. The van der Waals surface area contributed by atoms with E-state index in [1.807, 2.05) is 42.5 Å². The first-order valence-corrected chi connectivity index (χ1v) is 5.98. The molecule has 0 aliphatic rings. The van der Waals surface area contributed by atoms with Crippen molar-refractivity contribution in [2.45, 2.75) is 0 Å². The van der Waals surface area contributed by atoms with Crippen molar-refractivity contribution in [3.05, 3.63) is 72.3 Å². The van der Waals surface area contributed by atoms with Crippen molar-refractivity contribution in [2.24, 2.45) is 0 Å². The zero-order valence-corrected chi connectivity index (χ0v) is 10.5. The monoisotopic (exact) mass is 253 g/mol. The maximum Gasteiger partial charge on any atom is 0.253 e. The molecule has 0 heterocycles. The second-order valence-corrected chi connectivity index (χ2v) is 3.93. The van der Waals surface area contributed by atoms with Gasteiger partial charge in [0.1, 0.15) is 5.75 Å². The summed E-state index contributed by atoms with van der Waals surface area (Å²) in [7, 11) is 0. The van der Waals surface area contributed by atoms with Crippen LogP contribution in [-0.2, 0) is 0 Å². The molecule has 2 aromatic rings. The number of hydrogen-bond acceptors (Lipinski definition) is 2.